The molecule has 4 nitrogen and oxygen atoms in total. The number of rotatable bonds is 6. The van der Waals surface area contributed by atoms with Crippen LogP contribution in [0.4, 0.5) is 0 Å². The minimum atomic E-state index is -0.561. The second kappa shape index (κ2) is 9.61. The van der Waals surface area contributed by atoms with Crippen LogP contribution in [0.2, 0.25) is 10.0 Å². The molecular formula is C20H26Cl2O4. The maximum atomic E-state index is 12.1. The molecule has 1 aromatic carbocycles. The molecule has 0 radical (unpaired) electrons. The molecular weight excluding hydrogens is 375 g/mol. The summed E-state index contributed by atoms with van der Waals surface area (Å²) in [5, 5.41) is 0.793. The molecule has 0 unspecified atom stereocenters. The highest BCUT2D eigenvalue weighted by atomic mass is 35.5. The highest BCUT2D eigenvalue weighted by Gasteiger charge is 2.33. The van der Waals surface area contributed by atoms with E-state index in [2.05, 4.69) is 20.8 Å². The molecule has 0 heterocycles. The number of carbonyl (C=O) groups excluding carboxylic acids is 2. The van der Waals surface area contributed by atoms with Gasteiger partial charge in [-0.3, -0.25) is 4.79 Å². The Morgan fingerprint density at radius 2 is 1.81 bits per heavy atom. The lowest BCUT2D eigenvalue weighted by molar-refractivity contribution is -0.166. The Labute approximate surface area is 165 Å². The zero-order chi connectivity index (χ0) is 19.3. The third-order valence-corrected chi connectivity index (χ3v) is 5.69. The second-order valence-electron chi connectivity index (χ2n) is 7.39. The van der Waals surface area contributed by atoms with Crippen molar-refractivity contribution in [3.05, 3.63) is 33.8 Å². The molecule has 0 aromatic heterocycles. The van der Waals surface area contributed by atoms with Crippen molar-refractivity contribution in [2.75, 3.05) is 6.61 Å². The maximum absolute atomic E-state index is 12.1. The van der Waals surface area contributed by atoms with Gasteiger partial charge in [0.25, 0.3) is 0 Å². The minimum Gasteiger partial charge on any atom is -0.460 e. The van der Waals surface area contributed by atoms with Gasteiger partial charge in [0.2, 0.25) is 0 Å². The summed E-state index contributed by atoms with van der Waals surface area (Å²) in [4.78, 5) is 24.1. The van der Waals surface area contributed by atoms with E-state index >= 15 is 0 Å². The molecule has 26 heavy (non-hydrogen) atoms. The largest absolute Gasteiger partial charge is 0.460 e. The number of carbonyl (C=O) groups is 2. The molecule has 144 valence electrons. The number of halogens is 2. The smallest absolute Gasteiger partial charge is 0.344 e. The molecule has 0 saturated heterocycles. The first-order valence-corrected chi connectivity index (χ1v) is 9.81. The van der Waals surface area contributed by atoms with E-state index in [9.17, 15) is 9.59 Å². The molecule has 0 bridgehead atoms. The Bertz CT molecular complexity index is 624. The lowest BCUT2D eigenvalue weighted by Crippen LogP contribution is -2.36. The van der Waals surface area contributed by atoms with Crippen LogP contribution in [0.3, 0.4) is 0 Å². The summed E-state index contributed by atoms with van der Waals surface area (Å²) in [7, 11) is 0. The lowest BCUT2D eigenvalue weighted by Gasteiger charge is -2.36. The van der Waals surface area contributed by atoms with Crippen LogP contribution in [-0.4, -0.2) is 24.6 Å². The van der Waals surface area contributed by atoms with Gasteiger partial charge in [-0.05, 0) is 42.7 Å². The molecule has 2 rings (SSSR count). The third kappa shape index (κ3) is 5.88. The Morgan fingerprint density at radius 1 is 1.15 bits per heavy atom. The van der Waals surface area contributed by atoms with Crippen molar-refractivity contribution >= 4 is 35.1 Å². The van der Waals surface area contributed by atoms with E-state index in [1.165, 1.54) is 0 Å². The fraction of sp³-hybridized carbons (Fsp3) is 0.600. The predicted octanol–water partition coefficient (Wildman–Crippen LogP) is 5.08. The summed E-state index contributed by atoms with van der Waals surface area (Å²) in [6, 6.07) is 5.01. The number of benzene rings is 1. The van der Waals surface area contributed by atoms with E-state index in [1.807, 2.05) is 0 Å². The van der Waals surface area contributed by atoms with Gasteiger partial charge in [-0.1, -0.05) is 56.5 Å². The highest BCUT2D eigenvalue weighted by Crippen LogP contribution is 2.35. The molecule has 1 fully saturated rings. The summed E-state index contributed by atoms with van der Waals surface area (Å²) < 4.78 is 10.7. The van der Waals surface area contributed by atoms with Crippen molar-refractivity contribution in [1.82, 2.24) is 0 Å². The quantitative estimate of drug-likeness (QED) is 0.624. The number of esters is 2. The molecule has 1 aromatic rings. The first-order valence-electron chi connectivity index (χ1n) is 9.06. The Kier molecular flexibility index (Phi) is 7.78. The van der Waals surface area contributed by atoms with Gasteiger partial charge in [-0.15, -0.1) is 0 Å². The number of hydrogen-bond acceptors (Lipinski definition) is 4. The molecule has 1 aliphatic rings. The van der Waals surface area contributed by atoms with Crippen molar-refractivity contribution in [2.45, 2.75) is 52.6 Å². The van der Waals surface area contributed by atoms with Crippen LogP contribution < -0.4 is 0 Å². The summed E-state index contributed by atoms with van der Waals surface area (Å²) in [5.74, 6) is 0.272. The van der Waals surface area contributed by atoms with Crippen LogP contribution in [-0.2, 0) is 25.5 Å². The molecule has 1 saturated carbocycles. The van der Waals surface area contributed by atoms with Gasteiger partial charge in [0.15, 0.2) is 6.61 Å². The topological polar surface area (TPSA) is 52.6 Å². The van der Waals surface area contributed by atoms with E-state index in [0.29, 0.717) is 33.4 Å². The van der Waals surface area contributed by atoms with E-state index in [-0.39, 0.29) is 12.5 Å². The summed E-state index contributed by atoms with van der Waals surface area (Å²) in [5.41, 5.74) is 0.496. The Balaban J connectivity index is 1.84. The SMILES string of the molecule is CC(C)[C@@H]1CC[C@H](C)C[C@H]1OC(=O)COC(=O)Cc1c(Cl)cccc1Cl. The standard InChI is InChI=1S/C20H26Cl2O4/c1-12(2)14-8-7-13(3)9-18(14)26-20(24)11-25-19(23)10-15-16(21)5-4-6-17(15)22/h4-6,12-14,18H,7-11H2,1-3H3/t13-,14-,18+/m0/s1. The minimum absolute atomic E-state index is 0.0825. The average Bonchev–Trinajstić information content (AvgIpc) is 2.56. The average molecular weight is 401 g/mol. The highest BCUT2D eigenvalue weighted by molar-refractivity contribution is 6.36. The van der Waals surface area contributed by atoms with Crippen LogP contribution in [0, 0.1) is 17.8 Å². The van der Waals surface area contributed by atoms with Gasteiger partial charge in [-0.25, -0.2) is 4.79 Å². The Morgan fingerprint density at radius 3 is 2.42 bits per heavy atom. The van der Waals surface area contributed by atoms with Crippen molar-refractivity contribution < 1.29 is 19.1 Å². The van der Waals surface area contributed by atoms with Gasteiger partial charge in [0, 0.05) is 15.6 Å². The molecule has 0 spiro atoms. The van der Waals surface area contributed by atoms with E-state index in [0.717, 1.165) is 19.3 Å². The zero-order valence-electron chi connectivity index (χ0n) is 15.5. The molecule has 0 amide bonds. The first kappa shape index (κ1) is 21.0. The first-order chi connectivity index (χ1) is 12.3. The normalized spacial score (nSPS) is 22.9. The predicted molar refractivity (Wildman–Crippen MR) is 102 cm³/mol. The zero-order valence-corrected chi connectivity index (χ0v) is 17.0. The monoisotopic (exact) mass is 400 g/mol. The van der Waals surface area contributed by atoms with Crippen molar-refractivity contribution in [2.24, 2.45) is 17.8 Å². The van der Waals surface area contributed by atoms with Crippen LogP contribution >= 0.6 is 23.2 Å². The van der Waals surface area contributed by atoms with Crippen LogP contribution in [0.25, 0.3) is 0 Å². The molecule has 0 aliphatic heterocycles. The molecule has 0 N–H and O–H groups in total. The van der Waals surface area contributed by atoms with Gasteiger partial charge < -0.3 is 9.47 Å². The van der Waals surface area contributed by atoms with Crippen LogP contribution in [0.15, 0.2) is 18.2 Å². The van der Waals surface area contributed by atoms with E-state index < -0.39 is 18.5 Å². The lowest BCUT2D eigenvalue weighted by atomic mass is 9.75. The molecule has 1 aliphatic carbocycles. The fourth-order valence-electron chi connectivity index (χ4n) is 3.49. The van der Waals surface area contributed by atoms with Gasteiger partial charge >= 0.3 is 11.9 Å². The maximum Gasteiger partial charge on any atom is 0.344 e. The second-order valence-corrected chi connectivity index (χ2v) is 8.21. The van der Waals surface area contributed by atoms with Crippen molar-refractivity contribution in [3.63, 3.8) is 0 Å². The van der Waals surface area contributed by atoms with Crippen LogP contribution in [0.1, 0.15) is 45.6 Å². The van der Waals surface area contributed by atoms with E-state index in [1.54, 1.807) is 18.2 Å². The summed E-state index contributed by atoms with van der Waals surface area (Å²) in [6.45, 7) is 6.07. The van der Waals surface area contributed by atoms with Crippen LogP contribution in [0.5, 0.6) is 0 Å². The van der Waals surface area contributed by atoms with Crippen molar-refractivity contribution in [3.8, 4) is 0 Å². The summed E-state index contributed by atoms with van der Waals surface area (Å²) >= 11 is 12.1. The fourth-order valence-corrected chi connectivity index (χ4v) is 4.02. The van der Waals surface area contributed by atoms with Gasteiger partial charge in [0.1, 0.15) is 6.10 Å². The van der Waals surface area contributed by atoms with Gasteiger partial charge in [0.05, 0.1) is 6.42 Å². The van der Waals surface area contributed by atoms with E-state index in [4.69, 9.17) is 32.7 Å². The number of hydrogen-bond donors (Lipinski definition) is 0. The van der Waals surface area contributed by atoms with Gasteiger partial charge in [-0.2, -0.15) is 0 Å². The molecule has 6 heteroatoms. The number of ether oxygens (including phenoxy) is 2. The molecule has 3 atom stereocenters. The Hall–Kier alpha value is -1.26. The summed E-state index contributed by atoms with van der Waals surface area (Å²) in [6.07, 6.45) is 2.88. The van der Waals surface area contributed by atoms with Crippen molar-refractivity contribution in [1.29, 1.82) is 0 Å². The third-order valence-electron chi connectivity index (χ3n) is 4.98.